The van der Waals surface area contributed by atoms with Crippen LogP contribution in [0.1, 0.15) is 19.0 Å². The Morgan fingerprint density at radius 3 is 2.76 bits per heavy atom. The van der Waals surface area contributed by atoms with E-state index in [1.54, 1.807) is 6.92 Å². The minimum Gasteiger partial charge on any atom is -0.434 e. The minimum absolute atomic E-state index is 0.0110. The Bertz CT molecular complexity index is 667. The summed E-state index contributed by atoms with van der Waals surface area (Å²) >= 11 is 3.15. The predicted molar refractivity (Wildman–Crippen MR) is 78.1 cm³/mol. The van der Waals surface area contributed by atoms with E-state index in [0.29, 0.717) is 11.0 Å². The molecule has 0 saturated heterocycles. The van der Waals surface area contributed by atoms with E-state index in [0.717, 1.165) is 12.5 Å². The van der Waals surface area contributed by atoms with Crippen molar-refractivity contribution in [3.63, 3.8) is 0 Å². The Labute approximate surface area is 128 Å². The fourth-order valence-corrected chi connectivity index (χ4v) is 2.37. The van der Waals surface area contributed by atoms with Gasteiger partial charge in [0.05, 0.1) is 4.92 Å². The van der Waals surface area contributed by atoms with Gasteiger partial charge in [-0.2, -0.15) is 5.10 Å². The van der Waals surface area contributed by atoms with Gasteiger partial charge in [0.15, 0.2) is 0 Å². The lowest BCUT2D eigenvalue weighted by Gasteiger charge is -2.08. The first-order chi connectivity index (χ1) is 9.92. The summed E-state index contributed by atoms with van der Waals surface area (Å²) < 4.78 is 20.8. The maximum absolute atomic E-state index is 13.4. The Morgan fingerprint density at radius 2 is 2.19 bits per heavy atom. The molecule has 2 aromatic rings. The highest BCUT2D eigenvalue weighted by molar-refractivity contribution is 9.10. The molecule has 2 rings (SSSR count). The largest absolute Gasteiger partial charge is 0.434 e. The highest BCUT2D eigenvalue weighted by Gasteiger charge is 2.27. The van der Waals surface area contributed by atoms with Gasteiger partial charge in [-0.25, -0.2) is 9.07 Å². The van der Waals surface area contributed by atoms with Crippen LogP contribution in [0.5, 0.6) is 11.6 Å². The molecule has 0 saturated carbocycles. The summed E-state index contributed by atoms with van der Waals surface area (Å²) in [6.07, 6.45) is 0.738. The lowest BCUT2D eigenvalue weighted by Crippen LogP contribution is -2.03. The van der Waals surface area contributed by atoms with Crippen molar-refractivity contribution in [1.29, 1.82) is 0 Å². The van der Waals surface area contributed by atoms with Gasteiger partial charge in [0, 0.05) is 17.1 Å². The fraction of sp³-hybridized carbons (Fsp3) is 0.308. The number of rotatable bonds is 5. The molecule has 1 aromatic carbocycles. The van der Waals surface area contributed by atoms with Gasteiger partial charge in [0.25, 0.3) is 5.88 Å². The van der Waals surface area contributed by atoms with Gasteiger partial charge in [-0.3, -0.25) is 10.1 Å². The number of hydrogen-bond donors (Lipinski definition) is 0. The lowest BCUT2D eigenvalue weighted by molar-refractivity contribution is -0.386. The second-order valence-corrected chi connectivity index (χ2v) is 5.34. The van der Waals surface area contributed by atoms with E-state index in [4.69, 9.17) is 4.74 Å². The molecule has 6 nitrogen and oxygen atoms in total. The molecule has 0 spiro atoms. The van der Waals surface area contributed by atoms with Crippen LogP contribution >= 0.6 is 15.9 Å². The summed E-state index contributed by atoms with van der Waals surface area (Å²) in [6.45, 7) is 3.94. The first-order valence-electron chi connectivity index (χ1n) is 6.28. The van der Waals surface area contributed by atoms with Crippen molar-refractivity contribution in [1.82, 2.24) is 9.78 Å². The number of ether oxygens (including phenoxy) is 1. The van der Waals surface area contributed by atoms with E-state index in [9.17, 15) is 14.5 Å². The SMILES string of the molecule is CCCn1nc(C)c([N+](=O)[O-])c1Oc1cc(F)cc(Br)c1. The van der Waals surface area contributed by atoms with E-state index < -0.39 is 10.7 Å². The van der Waals surface area contributed by atoms with Gasteiger partial charge in [0.1, 0.15) is 17.3 Å². The number of nitrogens with zero attached hydrogens (tertiary/aromatic N) is 3. The first-order valence-corrected chi connectivity index (χ1v) is 7.07. The van der Waals surface area contributed by atoms with Crippen LogP contribution in [0.3, 0.4) is 0 Å². The molecule has 0 fully saturated rings. The lowest BCUT2D eigenvalue weighted by atomic mass is 10.3. The zero-order valence-electron chi connectivity index (χ0n) is 11.5. The molecule has 0 aliphatic heterocycles. The summed E-state index contributed by atoms with van der Waals surface area (Å²) in [5.41, 5.74) is 0.0581. The summed E-state index contributed by atoms with van der Waals surface area (Å²) in [6, 6.07) is 3.97. The third kappa shape index (κ3) is 3.38. The quantitative estimate of drug-likeness (QED) is 0.593. The maximum atomic E-state index is 13.4. The van der Waals surface area contributed by atoms with Gasteiger partial charge in [-0.1, -0.05) is 22.9 Å². The number of aromatic nitrogens is 2. The van der Waals surface area contributed by atoms with E-state index >= 15 is 0 Å². The Hall–Kier alpha value is -1.96. The third-order valence-corrected chi connectivity index (χ3v) is 3.18. The summed E-state index contributed by atoms with van der Waals surface area (Å²) in [5.74, 6) is -0.320. The number of aryl methyl sites for hydroxylation is 2. The average Bonchev–Trinajstić information content (AvgIpc) is 2.64. The molecule has 0 amide bonds. The Morgan fingerprint density at radius 1 is 1.48 bits per heavy atom. The number of benzene rings is 1. The van der Waals surface area contributed by atoms with Crippen LogP contribution in [0.4, 0.5) is 10.1 Å². The van der Waals surface area contributed by atoms with E-state index in [2.05, 4.69) is 21.0 Å². The molecule has 0 atom stereocenters. The highest BCUT2D eigenvalue weighted by Crippen LogP contribution is 2.35. The van der Waals surface area contributed by atoms with Crippen molar-refractivity contribution < 1.29 is 14.1 Å². The van der Waals surface area contributed by atoms with Crippen LogP contribution in [-0.4, -0.2) is 14.7 Å². The van der Waals surface area contributed by atoms with Gasteiger partial charge in [-0.15, -0.1) is 0 Å². The molecule has 0 unspecified atom stereocenters. The van der Waals surface area contributed by atoms with Crippen LogP contribution in [0.25, 0.3) is 0 Å². The Balaban J connectivity index is 2.48. The van der Waals surface area contributed by atoms with Crippen molar-refractivity contribution in [3.05, 3.63) is 44.3 Å². The van der Waals surface area contributed by atoms with Crippen molar-refractivity contribution in [3.8, 4) is 11.6 Å². The molecular formula is C13H13BrFN3O3. The second kappa shape index (κ2) is 6.21. The molecule has 0 bridgehead atoms. The minimum atomic E-state index is -0.543. The standard InChI is InChI=1S/C13H13BrFN3O3/c1-3-4-17-13(12(18(19)20)8(2)16-17)21-11-6-9(14)5-10(15)7-11/h5-7H,3-4H2,1-2H3. The van der Waals surface area contributed by atoms with Crippen LogP contribution in [0.2, 0.25) is 0 Å². The molecule has 8 heteroatoms. The predicted octanol–water partition coefficient (Wildman–Crippen LogP) is 4.20. The summed E-state index contributed by atoms with van der Waals surface area (Å²) in [5, 5.41) is 15.3. The van der Waals surface area contributed by atoms with Crippen LogP contribution in [-0.2, 0) is 6.54 Å². The topological polar surface area (TPSA) is 70.2 Å². The smallest absolute Gasteiger partial charge is 0.353 e. The summed E-state index contributed by atoms with van der Waals surface area (Å²) in [7, 11) is 0. The molecule has 0 radical (unpaired) electrons. The van der Waals surface area contributed by atoms with Gasteiger partial charge >= 0.3 is 5.69 Å². The molecule has 1 aromatic heterocycles. The molecule has 0 N–H and O–H groups in total. The van der Waals surface area contributed by atoms with Crippen molar-refractivity contribution in [2.75, 3.05) is 0 Å². The van der Waals surface area contributed by atoms with Crippen LogP contribution in [0, 0.1) is 22.9 Å². The van der Waals surface area contributed by atoms with Crippen LogP contribution in [0.15, 0.2) is 22.7 Å². The first kappa shape index (κ1) is 15.4. The zero-order chi connectivity index (χ0) is 15.6. The molecule has 112 valence electrons. The summed E-state index contributed by atoms with van der Waals surface area (Å²) in [4.78, 5) is 10.6. The highest BCUT2D eigenvalue weighted by atomic mass is 79.9. The van der Waals surface area contributed by atoms with E-state index in [-0.39, 0.29) is 23.0 Å². The molecule has 0 aliphatic carbocycles. The van der Waals surface area contributed by atoms with Gasteiger partial charge in [0.2, 0.25) is 0 Å². The fourth-order valence-electron chi connectivity index (χ4n) is 1.92. The molecule has 21 heavy (non-hydrogen) atoms. The van der Waals surface area contributed by atoms with Gasteiger partial charge in [-0.05, 0) is 25.5 Å². The Kier molecular flexibility index (Phi) is 4.56. The number of halogens is 2. The van der Waals surface area contributed by atoms with Crippen molar-refractivity contribution in [2.45, 2.75) is 26.8 Å². The molecule has 1 heterocycles. The zero-order valence-corrected chi connectivity index (χ0v) is 13.1. The number of nitro groups is 1. The van der Waals surface area contributed by atoms with Crippen molar-refractivity contribution >= 4 is 21.6 Å². The normalized spacial score (nSPS) is 10.7. The van der Waals surface area contributed by atoms with Crippen LogP contribution < -0.4 is 4.74 Å². The monoisotopic (exact) mass is 357 g/mol. The number of hydrogen-bond acceptors (Lipinski definition) is 4. The second-order valence-electron chi connectivity index (χ2n) is 4.43. The van der Waals surface area contributed by atoms with E-state index in [1.807, 2.05) is 6.92 Å². The molecule has 0 aliphatic rings. The third-order valence-electron chi connectivity index (χ3n) is 2.72. The van der Waals surface area contributed by atoms with Crippen molar-refractivity contribution in [2.24, 2.45) is 0 Å². The maximum Gasteiger partial charge on any atom is 0.353 e. The molecular weight excluding hydrogens is 345 g/mol. The average molecular weight is 358 g/mol. The van der Waals surface area contributed by atoms with E-state index in [1.165, 1.54) is 16.8 Å². The van der Waals surface area contributed by atoms with Gasteiger partial charge < -0.3 is 4.74 Å².